The molecule has 3 heteroatoms. The molecule has 0 radical (unpaired) electrons. The Kier molecular flexibility index (Phi) is 5.04. The third-order valence-corrected chi connectivity index (χ3v) is 4.69. The van der Waals surface area contributed by atoms with Crippen molar-refractivity contribution in [3.05, 3.63) is 0 Å². The molecule has 2 fully saturated rings. The smallest absolute Gasteiger partial charge is 0.225 e. The van der Waals surface area contributed by atoms with Gasteiger partial charge in [-0.1, -0.05) is 20.3 Å². The minimum absolute atomic E-state index is 0.256. The van der Waals surface area contributed by atoms with Gasteiger partial charge in [0.05, 0.1) is 0 Å². The fraction of sp³-hybridized carbons (Fsp3) is 0.933. The molecule has 2 aliphatic rings. The Morgan fingerprint density at radius 1 is 1.28 bits per heavy atom. The first-order valence-electron chi connectivity index (χ1n) is 7.74. The Hall–Kier alpha value is -0.570. The molecule has 2 rings (SSSR count). The fourth-order valence-electron chi connectivity index (χ4n) is 3.59. The number of likely N-dealkylation sites (tertiary alicyclic amines) is 1. The molecule has 0 aromatic rings. The van der Waals surface area contributed by atoms with Crippen LogP contribution in [0.3, 0.4) is 0 Å². The highest BCUT2D eigenvalue weighted by Gasteiger charge is 2.29. The van der Waals surface area contributed by atoms with Gasteiger partial charge in [0.25, 0.3) is 0 Å². The van der Waals surface area contributed by atoms with Gasteiger partial charge in [0, 0.05) is 25.0 Å². The quantitative estimate of drug-likeness (QED) is 0.815. The Morgan fingerprint density at radius 2 is 2.11 bits per heavy atom. The summed E-state index contributed by atoms with van der Waals surface area (Å²) in [6, 6.07) is 0.701. The Morgan fingerprint density at radius 3 is 2.89 bits per heavy atom. The van der Waals surface area contributed by atoms with Crippen LogP contribution >= 0.6 is 0 Å². The number of hydrogen-bond acceptors (Lipinski definition) is 2. The highest BCUT2D eigenvalue weighted by molar-refractivity contribution is 5.79. The van der Waals surface area contributed by atoms with E-state index in [0.29, 0.717) is 11.9 Å². The van der Waals surface area contributed by atoms with Gasteiger partial charge >= 0.3 is 0 Å². The number of carbonyl (C=O) groups is 1. The van der Waals surface area contributed by atoms with Crippen molar-refractivity contribution < 1.29 is 4.79 Å². The molecule has 1 aliphatic carbocycles. The van der Waals surface area contributed by atoms with E-state index in [1.807, 2.05) is 0 Å². The second-order valence-electron chi connectivity index (χ2n) is 6.01. The van der Waals surface area contributed by atoms with Crippen LogP contribution in [0.15, 0.2) is 0 Å². The molecule has 0 aromatic heterocycles. The molecule has 1 saturated heterocycles. The first-order chi connectivity index (χ1) is 8.72. The lowest BCUT2D eigenvalue weighted by Crippen LogP contribution is -2.42. The number of nitrogens with one attached hydrogen (secondary N) is 1. The van der Waals surface area contributed by atoms with Gasteiger partial charge in [-0.25, -0.2) is 0 Å². The van der Waals surface area contributed by atoms with Gasteiger partial charge in [0.1, 0.15) is 0 Å². The lowest BCUT2D eigenvalue weighted by Gasteiger charge is -2.32. The zero-order valence-electron chi connectivity index (χ0n) is 12.0. The van der Waals surface area contributed by atoms with Crippen molar-refractivity contribution in [1.82, 2.24) is 10.2 Å². The largest absolute Gasteiger partial charge is 0.342 e. The molecule has 1 N–H and O–H groups in total. The monoisotopic (exact) mass is 252 g/mol. The molecule has 3 unspecified atom stereocenters. The molecule has 18 heavy (non-hydrogen) atoms. The summed E-state index contributed by atoms with van der Waals surface area (Å²) in [5, 5.41) is 3.60. The van der Waals surface area contributed by atoms with Gasteiger partial charge in [-0.15, -0.1) is 0 Å². The van der Waals surface area contributed by atoms with Gasteiger partial charge in [0.15, 0.2) is 0 Å². The molecular formula is C15H28N2O. The summed E-state index contributed by atoms with van der Waals surface area (Å²) in [5.41, 5.74) is 0. The summed E-state index contributed by atoms with van der Waals surface area (Å²) >= 11 is 0. The van der Waals surface area contributed by atoms with E-state index in [0.717, 1.165) is 32.0 Å². The lowest BCUT2D eigenvalue weighted by atomic mass is 9.96. The van der Waals surface area contributed by atoms with Crippen LogP contribution < -0.4 is 5.32 Å². The van der Waals surface area contributed by atoms with Crippen LogP contribution in [-0.2, 0) is 4.79 Å². The van der Waals surface area contributed by atoms with E-state index in [2.05, 4.69) is 24.1 Å². The third-order valence-electron chi connectivity index (χ3n) is 4.69. The van der Waals surface area contributed by atoms with Crippen LogP contribution in [0.5, 0.6) is 0 Å². The summed E-state index contributed by atoms with van der Waals surface area (Å²) in [6.45, 7) is 7.30. The van der Waals surface area contributed by atoms with Gasteiger partial charge in [-0.3, -0.25) is 4.79 Å². The Bertz CT molecular complexity index is 280. The van der Waals surface area contributed by atoms with Crippen molar-refractivity contribution >= 4 is 5.91 Å². The predicted octanol–water partition coefficient (Wildman–Crippen LogP) is 2.41. The molecule has 1 heterocycles. The highest BCUT2D eigenvalue weighted by atomic mass is 16.2. The SMILES string of the molecule is CCNC1CCCC1CCN1CCCC(C)C1=O. The van der Waals surface area contributed by atoms with E-state index < -0.39 is 0 Å². The number of carbonyl (C=O) groups excluding carboxylic acids is 1. The molecule has 3 nitrogen and oxygen atoms in total. The molecule has 1 aliphatic heterocycles. The van der Waals surface area contributed by atoms with Crippen molar-refractivity contribution in [3.8, 4) is 0 Å². The fourth-order valence-corrected chi connectivity index (χ4v) is 3.59. The molecule has 0 aromatic carbocycles. The zero-order valence-corrected chi connectivity index (χ0v) is 12.0. The first kappa shape index (κ1) is 13.9. The predicted molar refractivity (Wildman–Crippen MR) is 74.4 cm³/mol. The maximum absolute atomic E-state index is 12.0. The maximum atomic E-state index is 12.0. The van der Waals surface area contributed by atoms with Crippen LogP contribution in [0.1, 0.15) is 52.4 Å². The van der Waals surface area contributed by atoms with Crippen molar-refractivity contribution in [2.24, 2.45) is 11.8 Å². The van der Waals surface area contributed by atoms with Crippen LogP contribution in [0.2, 0.25) is 0 Å². The van der Waals surface area contributed by atoms with E-state index >= 15 is 0 Å². The van der Waals surface area contributed by atoms with E-state index in [1.165, 1.54) is 32.1 Å². The van der Waals surface area contributed by atoms with Crippen LogP contribution in [-0.4, -0.2) is 36.5 Å². The third kappa shape index (κ3) is 3.25. The molecule has 0 bridgehead atoms. The molecule has 0 spiro atoms. The van der Waals surface area contributed by atoms with Gasteiger partial charge in [-0.05, 0) is 44.6 Å². The van der Waals surface area contributed by atoms with E-state index in [1.54, 1.807) is 0 Å². The molecule has 1 amide bonds. The lowest BCUT2D eigenvalue weighted by molar-refractivity contribution is -0.137. The first-order valence-corrected chi connectivity index (χ1v) is 7.74. The van der Waals surface area contributed by atoms with Crippen molar-refractivity contribution in [3.63, 3.8) is 0 Å². The highest BCUT2D eigenvalue weighted by Crippen LogP contribution is 2.29. The maximum Gasteiger partial charge on any atom is 0.225 e. The van der Waals surface area contributed by atoms with E-state index in [4.69, 9.17) is 0 Å². The summed E-state index contributed by atoms with van der Waals surface area (Å²) in [6.07, 6.45) is 7.48. The van der Waals surface area contributed by atoms with Crippen molar-refractivity contribution in [2.75, 3.05) is 19.6 Å². The summed E-state index contributed by atoms with van der Waals surface area (Å²) in [7, 11) is 0. The number of hydrogen-bond donors (Lipinski definition) is 1. The second-order valence-corrected chi connectivity index (χ2v) is 6.01. The molecule has 3 atom stereocenters. The van der Waals surface area contributed by atoms with E-state index in [9.17, 15) is 4.79 Å². The number of rotatable bonds is 5. The van der Waals surface area contributed by atoms with E-state index in [-0.39, 0.29) is 5.92 Å². The average Bonchev–Trinajstić information content (AvgIpc) is 2.79. The minimum Gasteiger partial charge on any atom is -0.342 e. The van der Waals surface area contributed by atoms with Crippen molar-refractivity contribution in [2.45, 2.75) is 58.4 Å². The van der Waals surface area contributed by atoms with Crippen LogP contribution in [0, 0.1) is 11.8 Å². The average molecular weight is 252 g/mol. The standard InChI is InChI=1S/C15H28N2O/c1-3-16-14-8-4-7-13(14)9-11-17-10-5-6-12(2)15(17)18/h12-14,16H,3-11H2,1-2H3. The number of nitrogens with zero attached hydrogens (tertiary/aromatic N) is 1. The van der Waals surface area contributed by atoms with Crippen LogP contribution in [0.4, 0.5) is 0 Å². The Balaban J connectivity index is 1.78. The summed E-state index contributed by atoms with van der Waals surface area (Å²) < 4.78 is 0. The molecule has 104 valence electrons. The minimum atomic E-state index is 0.256. The number of piperidine rings is 1. The molecular weight excluding hydrogens is 224 g/mol. The second kappa shape index (κ2) is 6.55. The zero-order chi connectivity index (χ0) is 13.0. The Labute approximate surface area is 111 Å². The van der Waals surface area contributed by atoms with Gasteiger partial charge < -0.3 is 10.2 Å². The van der Waals surface area contributed by atoms with Crippen molar-refractivity contribution in [1.29, 1.82) is 0 Å². The van der Waals surface area contributed by atoms with Crippen LogP contribution in [0.25, 0.3) is 0 Å². The van der Waals surface area contributed by atoms with Gasteiger partial charge in [0.2, 0.25) is 5.91 Å². The topological polar surface area (TPSA) is 32.3 Å². The summed E-state index contributed by atoms with van der Waals surface area (Å²) in [5.74, 6) is 1.43. The normalized spacial score (nSPS) is 33.1. The number of amides is 1. The molecule has 1 saturated carbocycles. The summed E-state index contributed by atoms with van der Waals surface area (Å²) in [4.78, 5) is 14.2. The van der Waals surface area contributed by atoms with Gasteiger partial charge in [-0.2, -0.15) is 0 Å².